The molecule has 0 aliphatic heterocycles. The second kappa shape index (κ2) is 9.38. The predicted molar refractivity (Wildman–Crippen MR) is 84.8 cm³/mol. The zero-order valence-electron chi connectivity index (χ0n) is 14.8. The van der Waals surface area contributed by atoms with Gasteiger partial charge in [0.05, 0.1) is 18.0 Å². The molecule has 0 saturated carbocycles. The van der Waals surface area contributed by atoms with Crippen LogP contribution in [0.15, 0.2) is 0 Å². The first-order chi connectivity index (χ1) is 9.16. The smallest absolute Gasteiger partial charge is 0.309 e. The van der Waals surface area contributed by atoms with Crippen molar-refractivity contribution in [1.29, 1.82) is 0 Å². The summed E-state index contributed by atoms with van der Waals surface area (Å²) in [4.78, 5) is 13.7. The zero-order chi connectivity index (χ0) is 15.9. The zero-order valence-corrected chi connectivity index (χ0v) is 14.8. The van der Waals surface area contributed by atoms with E-state index in [1.165, 1.54) is 4.90 Å². The van der Waals surface area contributed by atoms with Gasteiger partial charge in [-0.15, -0.1) is 0 Å². The van der Waals surface area contributed by atoms with Crippen molar-refractivity contribution in [2.45, 2.75) is 73.9 Å². The molecule has 0 aromatic carbocycles. The number of hydrogen-bond acceptors (Lipinski definition) is 2. The van der Waals surface area contributed by atoms with Gasteiger partial charge in [-0.3, -0.25) is 4.79 Å². The van der Waals surface area contributed by atoms with Crippen molar-refractivity contribution in [2.24, 2.45) is 17.8 Å². The number of carbonyl (C=O) groups is 1. The maximum Gasteiger partial charge on any atom is 0.309 e. The number of ether oxygens (including phenoxy) is 1. The standard InChI is InChI=1S/C17H35NO2/c1-12(2)11-16(13(3)4)17(19)20-10-9-18(14(5)6)15(7)8/h12-16H,9-11H2,1-8H3/p+1. The Labute approximate surface area is 126 Å². The van der Waals surface area contributed by atoms with E-state index in [1.54, 1.807) is 0 Å². The van der Waals surface area contributed by atoms with E-state index in [-0.39, 0.29) is 11.9 Å². The molecule has 120 valence electrons. The molecule has 0 spiro atoms. The molecule has 0 amide bonds. The van der Waals surface area contributed by atoms with Gasteiger partial charge in [0.1, 0.15) is 13.2 Å². The third-order valence-electron chi connectivity index (χ3n) is 3.95. The summed E-state index contributed by atoms with van der Waals surface area (Å²) in [5.41, 5.74) is 0. The highest BCUT2D eigenvalue weighted by atomic mass is 16.5. The van der Waals surface area contributed by atoms with Crippen LogP contribution in [0.3, 0.4) is 0 Å². The molecule has 1 atom stereocenters. The van der Waals surface area contributed by atoms with Gasteiger partial charge in [0.15, 0.2) is 0 Å². The maximum atomic E-state index is 12.2. The number of esters is 1. The quantitative estimate of drug-likeness (QED) is 0.660. The fourth-order valence-corrected chi connectivity index (χ4v) is 2.77. The summed E-state index contributed by atoms with van der Waals surface area (Å²) in [6.07, 6.45) is 0.918. The van der Waals surface area contributed by atoms with E-state index in [0.717, 1.165) is 13.0 Å². The molecule has 1 N–H and O–H groups in total. The fourth-order valence-electron chi connectivity index (χ4n) is 2.77. The molecule has 0 aromatic heterocycles. The molecule has 0 bridgehead atoms. The van der Waals surface area contributed by atoms with E-state index >= 15 is 0 Å². The van der Waals surface area contributed by atoms with Gasteiger partial charge in [0.2, 0.25) is 0 Å². The summed E-state index contributed by atoms with van der Waals surface area (Å²) < 4.78 is 5.54. The Morgan fingerprint density at radius 3 is 1.80 bits per heavy atom. The number of hydrogen-bond donors (Lipinski definition) is 1. The highest BCUT2D eigenvalue weighted by Crippen LogP contribution is 2.21. The van der Waals surface area contributed by atoms with Crippen LogP contribution in [0, 0.1) is 17.8 Å². The third kappa shape index (κ3) is 7.28. The van der Waals surface area contributed by atoms with E-state index < -0.39 is 0 Å². The maximum absolute atomic E-state index is 12.2. The minimum atomic E-state index is -0.0134. The van der Waals surface area contributed by atoms with Crippen molar-refractivity contribution in [2.75, 3.05) is 13.2 Å². The summed E-state index contributed by atoms with van der Waals surface area (Å²) in [6, 6.07) is 1.12. The van der Waals surface area contributed by atoms with Crippen molar-refractivity contribution in [1.82, 2.24) is 0 Å². The number of carbonyl (C=O) groups excluding carboxylic acids is 1. The summed E-state index contributed by atoms with van der Waals surface area (Å²) >= 11 is 0. The molecule has 0 heterocycles. The minimum Gasteiger partial charge on any atom is -0.459 e. The van der Waals surface area contributed by atoms with E-state index in [0.29, 0.717) is 30.5 Å². The molecule has 0 aliphatic rings. The first-order valence-corrected chi connectivity index (χ1v) is 8.19. The average molecular weight is 286 g/mol. The van der Waals surface area contributed by atoms with E-state index in [9.17, 15) is 4.79 Å². The second-order valence-corrected chi connectivity index (χ2v) is 7.28. The lowest BCUT2D eigenvalue weighted by Gasteiger charge is -2.28. The van der Waals surface area contributed by atoms with Gasteiger partial charge in [-0.25, -0.2) is 0 Å². The van der Waals surface area contributed by atoms with E-state index in [1.807, 2.05) is 0 Å². The lowest BCUT2D eigenvalue weighted by Crippen LogP contribution is -3.18. The van der Waals surface area contributed by atoms with Crippen molar-refractivity contribution >= 4 is 5.97 Å². The molecule has 3 heteroatoms. The van der Waals surface area contributed by atoms with Crippen molar-refractivity contribution < 1.29 is 14.4 Å². The fraction of sp³-hybridized carbons (Fsp3) is 0.941. The van der Waals surface area contributed by atoms with Crippen LogP contribution < -0.4 is 4.90 Å². The van der Waals surface area contributed by atoms with Crippen molar-refractivity contribution in [3.63, 3.8) is 0 Å². The molecule has 20 heavy (non-hydrogen) atoms. The highest BCUT2D eigenvalue weighted by Gasteiger charge is 2.25. The first-order valence-electron chi connectivity index (χ1n) is 8.19. The Balaban J connectivity index is 4.31. The van der Waals surface area contributed by atoms with Crippen molar-refractivity contribution in [3.05, 3.63) is 0 Å². The molecule has 1 unspecified atom stereocenters. The van der Waals surface area contributed by atoms with E-state index in [4.69, 9.17) is 4.74 Å². The lowest BCUT2D eigenvalue weighted by atomic mass is 9.88. The van der Waals surface area contributed by atoms with Crippen LogP contribution in [0.25, 0.3) is 0 Å². The van der Waals surface area contributed by atoms with Gasteiger partial charge in [-0.1, -0.05) is 27.7 Å². The number of nitrogens with one attached hydrogen (secondary N) is 1. The van der Waals surface area contributed by atoms with E-state index in [2.05, 4.69) is 55.4 Å². The molecule has 0 aliphatic carbocycles. The Morgan fingerprint density at radius 1 is 0.950 bits per heavy atom. The van der Waals surface area contributed by atoms with Crippen LogP contribution in [-0.4, -0.2) is 31.2 Å². The summed E-state index contributed by atoms with van der Waals surface area (Å²) in [5.74, 6) is 0.907. The molecular formula is C17H36NO2+. The molecule has 0 rings (SSSR count). The minimum absolute atomic E-state index is 0.0134. The highest BCUT2D eigenvalue weighted by molar-refractivity contribution is 5.72. The Hall–Kier alpha value is -0.570. The number of rotatable bonds is 9. The van der Waals surface area contributed by atoms with Crippen molar-refractivity contribution in [3.8, 4) is 0 Å². The Morgan fingerprint density at radius 2 is 1.45 bits per heavy atom. The largest absolute Gasteiger partial charge is 0.459 e. The predicted octanol–water partition coefficient (Wildman–Crippen LogP) is 2.55. The monoisotopic (exact) mass is 286 g/mol. The normalized spacial score (nSPS) is 13.8. The molecule has 0 radical (unpaired) electrons. The topological polar surface area (TPSA) is 30.7 Å². The molecule has 0 saturated heterocycles. The molecule has 0 aromatic rings. The summed E-state index contributed by atoms with van der Waals surface area (Å²) in [6.45, 7) is 18.8. The second-order valence-electron chi connectivity index (χ2n) is 7.28. The first kappa shape index (κ1) is 19.4. The SMILES string of the molecule is CC(C)CC(C(=O)OCC[NH+](C(C)C)C(C)C)C(C)C. The van der Waals surface area contributed by atoms with Gasteiger partial charge in [0, 0.05) is 0 Å². The molecule has 0 fully saturated rings. The van der Waals surface area contributed by atoms with Crippen LogP contribution in [0.4, 0.5) is 0 Å². The Bertz CT molecular complexity index is 264. The third-order valence-corrected chi connectivity index (χ3v) is 3.95. The van der Waals surface area contributed by atoms with Gasteiger partial charge in [0.25, 0.3) is 0 Å². The Kier molecular flexibility index (Phi) is 9.11. The number of quaternary nitrogens is 1. The lowest BCUT2D eigenvalue weighted by molar-refractivity contribution is -0.942. The van der Waals surface area contributed by atoms with Gasteiger partial charge in [-0.05, 0) is 46.0 Å². The van der Waals surface area contributed by atoms with Crippen LogP contribution >= 0.6 is 0 Å². The summed E-state index contributed by atoms with van der Waals surface area (Å²) in [5, 5.41) is 0. The van der Waals surface area contributed by atoms with Gasteiger partial charge >= 0.3 is 5.97 Å². The van der Waals surface area contributed by atoms with Crippen LogP contribution in [0.1, 0.15) is 61.8 Å². The van der Waals surface area contributed by atoms with Crippen LogP contribution in [0.5, 0.6) is 0 Å². The van der Waals surface area contributed by atoms with Gasteiger partial charge in [-0.2, -0.15) is 0 Å². The molecular weight excluding hydrogens is 250 g/mol. The average Bonchev–Trinajstić information content (AvgIpc) is 2.29. The van der Waals surface area contributed by atoms with Gasteiger partial charge < -0.3 is 9.64 Å². The van der Waals surface area contributed by atoms with Crippen LogP contribution in [-0.2, 0) is 9.53 Å². The molecule has 3 nitrogen and oxygen atoms in total. The van der Waals surface area contributed by atoms with Crippen LogP contribution in [0.2, 0.25) is 0 Å². The summed E-state index contributed by atoms with van der Waals surface area (Å²) in [7, 11) is 0.